The second-order valence-corrected chi connectivity index (χ2v) is 8.82. The van der Waals surface area contributed by atoms with Crippen LogP contribution in [-0.2, 0) is 16.6 Å². The predicted octanol–water partition coefficient (Wildman–Crippen LogP) is 1.71. The average Bonchev–Trinajstić information content (AvgIpc) is 3.37. The third kappa shape index (κ3) is 2.61. The first kappa shape index (κ1) is 13.7. The summed E-state index contributed by atoms with van der Waals surface area (Å²) in [4.78, 5) is 0. The van der Waals surface area contributed by atoms with Gasteiger partial charge in [0.2, 0.25) is 10.0 Å². The minimum atomic E-state index is -3.14. The highest BCUT2D eigenvalue weighted by Crippen LogP contribution is 2.39. The maximum absolute atomic E-state index is 12.7. The monoisotopic (exact) mass is 310 g/mol. The number of rotatable bonds is 5. The standard InChI is InChI=1S/C14H22N4O2S/c19-21(20,12-6-7-12)18-8-2-1-3-13(18)14-16-15-10-17(14)9-11-4-5-11/h10-13H,1-9H2. The number of hydrogen-bond donors (Lipinski definition) is 0. The first-order valence-corrected chi connectivity index (χ1v) is 9.55. The lowest BCUT2D eigenvalue weighted by atomic mass is 10.0. The van der Waals surface area contributed by atoms with Crippen LogP contribution in [0.2, 0.25) is 0 Å². The average molecular weight is 310 g/mol. The molecule has 1 aromatic heterocycles. The lowest BCUT2D eigenvalue weighted by molar-refractivity contribution is 0.239. The fraction of sp³-hybridized carbons (Fsp3) is 0.857. The maximum Gasteiger partial charge on any atom is 0.217 e. The molecule has 0 radical (unpaired) electrons. The quantitative estimate of drug-likeness (QED) is 0.830. The van der Waals surface area contributed by atoms with Gasteiger partial charge in [0.25, 0.3) is 0 Å². The SMILES string of the molecule is O=S(=O)(C1CC1)N1CCCCC1c1nncn1CC1CC1. The number of nitrogens with zero attached hydrogens (tertiary/aromatic N) is 4. The van der Waals surface area contributed by atoms with E-state index in [0.29, 0.717) is 6.54 Å². The van der Waals surface area contributed by atoms with E-state index in [2.05, 4.69) is 14.8 Å². The second kappa shape index (κ2) is 5.05. The minimum Gasteiger partial charge on any atom is -0.316 e. The highest BCUT2D eigenvalue weighted by Gasteiger charge is 2.45. The molecule has 2 aliphatic carbocycles. The van der Waals surface area contributed by atoms with Crippen LogP contribution < -0.4 is 0 Å². The van der Waals surface area contributed by atoms with Crippen LogP contribution in [0, 0.1) is 5.92 Å². The molecule has 1 aromatic rings. The van der Waals surface area contributed by atoms with Crippen LogP contribution in [0.4, 0.5) is 0 Å². The Bertz CT molecular complexity index is 619. The first-order valence-electron chi connectivity index (χ1n) is 8.04. The minimum absolute atomic E-state index is 0.106. The Morgan fingerprint density at radius 2 is 1.95 bits per heavy atom. The number of aromatic nitrogens is 3. The summed E-state index contributed by atoms with van der Waals surface area (Å²) in [5.74, 6) is 1.59. The fourth-order valence-corrected chi connectivity index (χ4v) is 5.32. The normalized spacial score (nSPS) is 27.9. The molecule has 3 aliphatic rings. The van der Waals surface area contributed by atoms with Crippen molar-refractivity contribution in [1.82, 2.24) is 19.1 Å². The summed E-state index contributed by atoms with van der Waals surface area (Å²) in [6.45, 7) is 1.58. The van der Waals surface area contributed by atoms with Crippen molar-refractivity contribution in [3.05, 3.63) is 12.2 Å². The summed E-state index contributed by atoms with van der Waals surface area (Å²) in [6, 6.07) is -0.106. The van der Waals surface area contributed by atoms with Crippen molar-refractivity contribution in [2.45, 2.75) is 62.8 Å². The van der Waals surface area contributed by atoms with E-state index in [0.717, 1.165) is 50.4 Å². The zero-order chi connectivity index (χ0) is 14.4. The van der Waals surface area contributed by atoms with Crippen LogP contribution in [0.5, 0.6) is 0 Å². The van der Waals surface area contributed by atoms with E-state index in [1.165, 1.54) is 12.8 Å². The van der Waals surface area contributed by atoms with Crippen molar-refractivity contribution in [2.75, 3.05) is 6.54 Å². The van der Waals surface area contributed by atoms with Crippen LogP contribution in [0.15, 0.2) is 6.33 Å². The van der Waals surface area contributed by atoms with Crippen molar-refractivity contribution in [1.29, 1.82) is 0 Å². The van der Waals surface area contributed by atoms with Gasteiger partial charge in [-0.1, -0.05) is 6.42 Å². The number of piperidine rings is 1. The summed E-state index contributed by atoms with van der Waals surface area (Å²) < 4.78 is 29.1. The van der Waals surface area contributed by atoms with Crippen molar-refractivity contribution in [3.8, 4) is 0 Å². The molecule has 0 N–H and O–H groups in total. The molecule has 4 rings (SSSR count). The number of hydrogen-bond acceptors (Lipinski definition) is 4. The molecule has 1 atom stereocenters. The molecule has 0 aromatic carbocycles. The Labute approximate surface area is 125 Å². The maximum atomic E-state index is 12.7. The third-order valence-corrected chi connectivity index (χ3v) is 7.23. The lowest BCUT2D eigenvalue weighted by Crippen LogP contribution is -2.41. The second-order valence-electron chi connectivity index (χ2n) is 6.65. The molecule has 21 heavy (non-hydrogen) atoms. The molecule has 0 bridgehead atoms. The van der Waals surface area contributed by atoms with Gasteiger partial charge in [-0.3, -0.25) is 0 Å². The molecule has 7 heteroatoms. The molecule has 1 aliphatic heterocycles. The summed E-state index contributed by atoms with van der Waals surface area (Å²) >= 11 is 0. The molecule has 2 heterocycles. The van der Waals surface area contributed by atoms with E-state index >= 15 is 0 Å². The predicted molar refractivity (Wildman–Crippen MR) is 78.0 cm³/mol. The van der Waals surface area contributed by atoms with Crippen LogP contribution in [0.25, 0.3) is 0 Å². The van der Waals surface area contributed by atoms with Crippen LogP contribution in [-0.4, -0.2) is 39.3 Å². The molecule has 3 fully saturated rings. The molecule has 0 spiro atoms. The summed E-state index contributed by atoms with van der Waals surface area (Å²) in [7, 11) is -3.14. The van der Waals surface area contributed by atoms with Crippen molar-refractivity contribution >= 4 is 10.0 Å². The largest absolute Gasteiger partial charge is 0.316 e. The Kier molecular flexibility index (Phi) is 3.29. The molecule has 1 saturated heterocycles. The van der Waals surface area contributed by atoms with E-state index in [1.807, 2.05) is 0 Å². The van der Waals surface area contributed by atoms with Gasteiger partial charge in [-0.05, 0) is 44.4 Å². The zero-order valence-electron chi connectivity index (χ0n) is 12.2. The number of sulfonamides is 1. The molecular weight excluding hydrogens is 288 g/mol. The highest BCUT2D eigenvalue weighted by atomic mass is 32.2. The Morgan fingerprint density at radius 1 is 1.14 bits per heavy atom. The van der Waals surface area contributed by atoms with Gasteiger partial charge in [0.1, 0.15) is 6.33 Å². The van der Waals surface area contributed by atoms with E-state index < -0.39 is 10.0 Å². The summed E-state index contributed by atoms with van der Waals surface area (Å²) in [6.07, 6.45) is 8.84. The van der Waals surface area contributed by atoms with Crippen LogP contribution in [0.3, 0.4) is 0 Å². The fourth-order valence-electron chi connectivity index (χ4n) is 3.27. The molecular formula is C14H22N4O2S. The Balaban J connectivity index is 1.63. The zero-order valence-corrected chi connectivity index (χ0v) is 13.0. The third-order valence-electron chi connectivity index (χ3n) is 4.82. The molecule has 0 amide bonds. The smallest absolute Gasteiger partial charge is 0.217 e. The van der Waals surface area contributed by atoms with Gasteiger partial charge in [-0.15, -0.1) is 10.2 Å². The Morgan fingerprint density at radius 3 is 2.67 bits per heavy atom. The van der Waals surface area contributed by atoms with Crippen LogP contribution >= 0.6 is 0 Å². The van der Waals surface area contributed by atoms with Crippen molar-refractivity contribution in [2.24, 2.45) is 5.92 Å². The highest BCUT2D eigenvalue weighted by molar-refractivity contribution is 7.90. The molecule has 116 valence electrons. The first-order chi connectivity index (χ1) is 10.2. The van der Waals surface area contributed by atoms with E-state index in [-0.39, 0.29) is 11.3 Å². The Hall–Kier alpha value is -0.950. The summed E-state index contributed by atoms with van der Waals surface area (Å²) in [5.41, 5.74) is 0. The van der Waals surface area contributed by atoms with Gasteiger partial charge < -0.3 is 4.57 Å². The van der Waals surface area contributed by atoms with Gasteiger partial charge in [-0.2, -0.15) is 4.31 Å². The van der Waals surface area contributed by atoms with Gasteiger partial charge >= 0.3 is 0 Å². The van der Waals surface area contributed by atoms with E-state index in [1.54, 1.807) is 10.6 Å². The van der Waals surface area contributed by atoms with Crippen molar-refractivity contribution < 1.29 is 8.42 Å². The van der Waals surface area contributed by atoms with Gasteiger partial charge in [0.15, 0.2) is 5.82 Å². The van der Waals surface area contributed by atoms with Gasteiger partial charge in [-0.25, -0.2) is 8.42 Å². The topological polar surface area (TPSA) is 68.1 Å². The molecule has 6 nitrogen and oxygen atoms in total. The van der Waals surface area contributed by atoms with E-state index in [9.17, 15) is 8.42 Å². The summed E-state index contributed by atoms with van der Waals surface area (Å²) in [5, 5.41) is 8.18. The van der Waals surface area contributed by atoms with Gasteiger partial charge in [0, 0.05) is 13.1 Å². The van der Waals surface area contributed by atoms with E-state index in [4.69, 9.17) is 0 Å². The molecule has 2 saturated carbocycles. The lowest BCUT2D eigenvalue weighted by Gasteiger charge is -2.34. The molecule has 1 unspecified atom stereocenters. The van der Waals surface area contributed by atoms with Crippen LogP contribution in [0.1, 0.15) is 56.8 Å². The van der Waals surface area contributed by atoms with Gasteiger partial charge in [0.05, 0.1) is 11.3 Å². The van der Waals surface area contributed by atoms with Crippen molar-refractivity contribution in [3.63, 3.8) is 0 Å².